The normalized spacial score (nSPS) is 10.9. The molecule has 0 aromatic heterocycles. The number of rotatable bonds is 4. The Morgan fingerprint density at radius 1 is 0.905 bits per heavy atom. The first-order valence-electron chi connectivity index (χ1n) is 6.79. The molecule has 0 saturated heterocycles. The minimum atomic E-state index is 0. The van der Waals surface area contributed by atoms with Crippen LogP contribution in [0.3, 0.4) is 0 Å². The van der Waals surface area contributed by atoms with Crippen molar-refractivity contribution < 1.29 is 0 Å². The molecule has 0 heterocycles. The van der Waals surface area contributed by atoms with Crippen molar-refractivity contribution in [2.24, 2.45) is 0 Å². The Kier molecular flexibility index (Phi) is 6.53. The minimum Gasteiger partial charge on any atom is -0.321 e. The van der Waals surface area contributed by atoms with E-state index >= 15 is 0 Å². The van der Waals surface area contributed by atoms with Crippen LogP contribution < -0.4 is 10.9 Å². The van der Waals surface area contributed by atoms with E-state index in [1.807, 2.05) is 24.3 Å². The Morgan fingerprint density at radius 2 is 1.48 bits per heavy atom. The molecule has 0 saturated carbocycles. The molecule has 2 aromatic rings. The highest BCUT2D eigenvalue weighted by Crippen LogP contribution is 2.23. The van der Waals surface area contributed by atoms with Gasteiger partial charge in [-0.1, -0.05) is 56.6 Å². The zero-order valence-electron chi connectivity index (χ0n) is 12.6. The second-order valence-electron chi connectivity index (χ2n) is 5.93. The van der Waals surface area contributed by atoms with Crippen LogP contribution in [0.5, 0.6) is 0 Å². The summed E-state index contributed by atoms with van der Waals surface area (Å²) in [6.07, 6.45) is 0. The van der Waals surface area contributed by atoms with Crippen LogP contribution in [0.1, 0.15) is 31.9 Å². The summed E-state index contributed by atoms with van der Waals surface area (Å²) >= 11 is 5.86. The van der Waals surface area contributed by atoms with Crippen LogP contribution in [-0.4, -0.2) is 0 Å². The lowest BCUT2D eigenvalue weighted by atomic mass is 9.87. The number of benzene rings is 2. The van der Waals surface area contributed by atoms with E-state index < -0.39 is 0 Å². The molecule has 2 aromatic carbocycles. The molecule has 2 N–H and O–H groups in total. The average Bonchev–Trinajstić information content (AvgIpc) is 2.41. The highest BCUT2D eigenvalue weighted by Gasteiger charge is 2.12. The summed E-state index contributed by atoms with van der Waals surface area (Å²) in [6, 6.07) is 16.3. The summed E-state index contributed by atoms with van der Waals surface area (Å²) < 4.78 is 0. The van der Waals surface area contributed by atoms with Gasteiger partial charge in [0.15, 0.2) is 0 Å². The van der Waals surface area contributed by atoms with Crippen LogP contribution >= 0.6 is 24.0 Å². The molecular formula is C17H22Cl2N2. The summed E-state index contributed by atoms with van der Waals surface area (Å²) in [5.74, 6) is 0. The summed E-state index contributed by atoms with van der Waals surface area (Å²) in [5.41, 5.74) is 10.2. The fraction of sp³-hybridized carbons (Fsp3) is 0.294. The third-order valence-corrected chi connectivity index (χ3v) is 3.44. The first-order valence-corrected chi connectivity index (χ1v) is 7.17. The molecule has 0 atom stereocenters. The SMILES string of the molecule is CC(C)(C)c1ccc(NNCc2ccc(Cl)cc2)cc1.Cl. The molecule has 21 heavy (non-hydrogen) atoms. The van der Waals surface area contributed by atoms with Crippen molar-refractivity contribution in [3.63, 3.8) is 0 Å². The molecule has 0 radical (unpaired) electrons. The number of nitrogens with one attached hydrogen (secondary N) is 2. The highest BCUT2D eigenvalue weighted by molar-refractivity contribution is 6.30. The van der Waals surface area contributed by atoms with Gasteiger partial charge in [-0.2, -0.15) is 0 Å². The van der Waals surface area contributed by atoms with Crippen molar-refractivity contribution in [1.82, 2.24) is 5.43 Å². The summed E-state index contributed by atoms with van der Waals surface area (Å²) in [7, 11) is 0. The van der Waals surface area contributed by atoms with Crippen LogP contribution in [0, 0.1) is 0 Å². The molecule has 0 aliphatic rings. The van der Waals surface area contributed by atoms with Gasteiger partial charge in [0.05, 0.1) is 0 Å². The maximum Gasteiger partial charge on any atom is 0.0487 e. The predicted octanol–water partition coefficient (Wildman–Crippen LogP) is 5.18. The number of hydrazine groups is 1. The second kappa shape index (κ2) is 7.69. The van der Waals surface area contributed by atoms with Crippen molar-refractivity contribution in [3.8, 4) is 0 Å². The van der Waals surface area contributed by atoms with Gasteiger partial charge in [0, 0.05) is 17.3 Å². The minimum absolute atomic E-state index is 0. The number of hydrogen-bond acceptors (Lipinski definition) is 2. The Morgan fingerprint density at radius 3 is 2.00 bits per heavy atom. The maximum atomic E-state index is 5.86. The van der Waals surface area contributed by atoms with Crippen molar-refractivity contribution in [1.29, 1.82) is 0 Å². The molecule has 0 aliphatic carbocycles. The molecule has 0 bridgehead atoms. The molecular weight excluding hydrogens is 303 g/mol. The molecule has 0 aliphatic heterocycles. The average molecular weight is 325 g/mol. The lowest BCUT2D eigenvalue weighted by Crippen LogP contribution is -2.21. The largest absolute Gasteiger partial charge is 0.321 e. The smallest absolute Gasteiger partial charge is 0.0487 e. The van der Waals surface area contributed by atoms with Crippen LogP contribution in [0.2, 0.25) is 5.02 Å². The van der Waals surface area contributed by atoms with Crippen molar-refractivity contribution in [2.75, 3.05) is 5.43 Å². The van der Waals surface area contributed by atoms with E-state index in [0.717, 1.165) is 17.3 Å². The van der Waals surface area contributed by atoms with Gasteiger partial charge in [-0.15, -0.1) is 12.4 Å². The van der Waals surface area contributed by atoms with Gasteiger partial charge < -0.3 is 5.43 Å². The van der Waals surface area contributed by atoms with E-state index in [-0.39, 0.29) is 17.8 Å². The number of hydrogen-bond donors (Lipinski definition) is 2. The number of halogens is 2. The van der Waals surface area contributed by atoms with E-state index in [1.165, 1.54) is 11.1 Å². The third-order valence-electron chi connectivity index (χ3n) is 3.19. The Bertz CT molecular complexity index is 542. The van der Waals surface area contributed by atoms with Gasteiger partial charge in [-0.05, 0) is 40.8 Å². The van der Waals surface area contributed by atoms with Gasteiger partial charge in [0.2, 0.25) is 0 Å². The van der Waals surface area contributed by atoms with Crippen LogP contribution in [0.15, 0.2) is 48.5 Å². The lowest BCUT2D eigenvalue weighted by Gasteiger charge is -2.19. The molecule has 0 unspecified atom stereocenters. The van der Waals surface area contributed by atoms with Gasteiger partial charge >= 0.3 is 0 Å². The zero-order valence-corrected chi connectivity index (χ0v) is 14.2. The van der Waals surface area contributed by atoms with E-state index in [1.54, 1.807) is 0 Å². The van der Waals surface area contributed by atoms with E-state index in [2.05, 4.69) is 55.9 Å². The number of anilines is 1. The van der Waals surface area contributed by atoms with Crippen molar-refractivity contribution >= 4 is 29.7 Å². The second-order valence-corrected chi connectivity index (χ2v) is 6.37. The van der Waals surface area contributed by atoms with Gasteiger partial charge in [0.25, 0.3) is 0 Å². The van der Waals surface area contributed by atoms with Crippen LogP contribution in [0.25, 0.3) is 0 Å². The summed E-state index contributed by atoms with van der Waals surface area (Å²) in [4.78, 5) is 0. The fourth-order valence-electron chi connectivity index (χ4n) is 1.90. The van der Waals surface area contributed by atoms with E-state index in [9.17, 15) is 0 Å². The molecule has 4 heteroatoms. The highest BCUT2D eigenvalue weighted by atomic mass is 35.5. The van der Waals surface area contributed by atoms with Gasteiger partial charge in [-0.3, -0.25) is 0 Å². The first-order chi connectivity index (χ1) is 9.45. The summed E-state index contributed by atoms with van der Waals surface area (Å²) in [6.45, 7) is 7.40. The molecule has 114 valence electrons. The van der Waals surface area contributed by atoms with Crippen LogP contribution in [-0.2, 0) is 12.0 Å². The van der Waals surface area contributed by atoms with Crippen molar-refractivity contribution in [2.45, 2.75) is 32.7 Å². The quantitative estimate of drug-likeness (QED) is 0.757. The lowest BCUT2D eigenvalue weighted by molar-refractivity contribution is 0.590. The Balaban J connectivity index is 0.00000220. The Labute approximate surface area is 138 Å². The van der Waals surface area contributed by atoms with Crippen LogP contribution in [0.4, 0.5) is 5.69 Å². The van der Waals surface area contributed by atoms with Gasteiger partial charge in [0.1, 0.15) is 0 Å². The first kappa shape index (κ1) is 17.8. The molecule has 2 nitrogen and oxygen atoms in total. The maximum absolute atomic E-state index is 5.86. The molecule has 0 spiro atoms. The fourth-order valence-corrected chi connectivity index (χ4v) is 2.03. The third kappa shape index (κ3) is 5.58. The predicted molar refractivity (Wildman–Crippen MR) is 94.3 cm³/mol. The molecule has 2 rings (SSSR count). The monoisotopic (exact) mass is 324 g/mol. The van der Waals surface area contributed by atoms with E-state index in [4.69, 9.17) is 11.6 Å². The standard InChI is InChI=1S/C17H21ClN2.ClH/c1-17(2,3)14-6-10-16(11-7-14)20-19-12-13-4-8-15(18)9-5-13;/h4-11,19-20H,12H2,1-3H3;1H. The van der Waals surface area contributed by atoms with E-state index in [0.29, 0.717) is 0 Å². The topological polar surface area (TPSA) is 24.1 Å². The Hall–Kier alpha value is -1.22. The van der Waals surface area contributed by atoms with Gasteiger partial charge in [-0.25, -0.2) is 5.43 Å². The zero-order chi connectivity index (χ0) is 14.6. The van der Waals surface area contributed by atoms with Crippen molar-refractivity contribution in [3.05, 3.63) is 64.7 Å². The summed E-state index contributed by atoms with van der Waals surface area (Å²) in [5, 5.41) is 0.763. The molecule has 0 amide bonds. The molecule has 0 fully saturated rings.